The lowest BCUT2D eigenvalue weighted by molar-refractivity contribution is -0.137. The molecule has 1 aliphatic rings. The van der Waals surface area contributed by atoms with Gasteiger partial charge < -0.3 is 4.90 Å². The molecule has 0 spiro atoms. The third-order valence-corrected chi connectivity index (χ3v) is 8.17. The van der Waals surface area contributed by atoms with Gasteiger partial charge in [0.05, 0.1) is 15.2 Å². The Morgan fingerprint density at radius 1 is 1.18 bits per heavy atom. The highest BCUT2D eigenvalue weighted by molar-refractivity contribution is 7.92. The van der Waals surface area contributed by atoms with Gasteiger partial charge >= 0.3 is 6.18 Å². The van der Waals surface area contributed by atoms with Gasteiger partial charge in [-0.15, -0.1) is 0 Å². The summed E-state index contributed by atoms with van der Waals surface area (Å²) in [4.78, 5) is 13.7. The molecule has 28 heavy (non-hydrogen) atoms. The van der Waals surface area contributed by atoms with Gasteiger partial charge in [0.1, 0.15) is 0 Å². The highest BCUT2D eigenvalue weighted by Crippen LogP contribution is 2.39. The van der Waals surface area contributed by atoms with Crippen LogP contribution < -0.4 is 0 Å². The Kier molecular flexibility index (Phi) is 6.53. The number of piperidine rings is 1. The van der Waals surface area contributed by atoms with Crippen molar-refractivity contribution in [3.05, 3.63) is 29.8 Å². The topological polar surface area (TPSA) is 54.5 Å². The molecule has 1 aliphatic heterocycles. The van der Waals surface area contributed by atoms with Crippen LogP contribution in [0.25, 0.3) is 0 Å². The summed E-state index contributed by atoms with van der Waals surface area (Å²) in [5.74, 6) is 0.0742. The van der Waals surface area contributed by atoms with Crippen molar-refractivity contribution in [3.63, 3.8) is 0 Å². The first kappa shape index (κ1) is 22.7. The summed E-state index contributed by atoms with van der Waals surface area (Å²) >= 11 is 0. The second-order valence-corrected chi connectivity index (χ2v) is 10.9. The summed E-state index contributed by atoms with van der Waals surface area (Å²) in [6, 6.07) is 3.91. The first-order valence-corrected chi connectivity index (χ1v) is 10.9. The summed E-state index contributed by atoms with van der Waals surface area (Å²) in [7, 11) is -3.98. The fraction of sp³-hybridized carbons (Fsp3) is 0.650. The summed E-state index contributed by atoms with van der Waals surface area (Å²) in [5, 5.41) is 0. The number of amides is 1. The molecule has 1 aromatic rings. The molecule has 0 bridgehead atoms. The van der Waals surface area contributed by atoms with Crippen molar-refractivity contribution < 1.29 is 26.4 Å². The number of nitrogens with zero attached hydrogens (tertiary/aromatic N) is 1. The smallest absolute Gasteiger partial charge is 0.343 e. The highest BCUT2D eigenvalue weighted by Gasteiger charge is 2.44. The van der Waals surface area contributed by atoms with Gasteiger partial charge in [-0.25, -0.2) is 8.42 Å². The van der Waals surface area contributed by atoms with Crippen LogP contribution in [0.15, 0.2) is 29.2 Å². The van der Waals surface area contributed by atoms with Gasteiger partial charge in [0.2, 0.25) is 5.91 Å². The second-order valence-electron chi connectivity index (χ2n) is 8.39. The number of hydrogen-bond acceptors (Lipinski definition) is 3. The summed E-state index contributed by atoms with van der Waals surface area (Å²) in [6.45, 7) is 8.01. The van der Waals surface area contributed by atoms with Crippen molar-refractivity contribution in [1.82, 2.24) is 4.90 Å². The lowest BCUT2D eigenvalue weighted by Gasteiger charge is -2.40. The molecule has 8 heteroatoms. The number of sulfone groups is 1. The Labute approximate surface area is 165 Å². The average Bonchev–Trinajstić information content (AvgIpc) is 2.60. The lowest BCUT2D eigenvalue weighted by Crippen LogP contribution is -2.47. The maximum atomic E-state index is 13.1. The van der Waals surface area contributed by atoms with Crippen molar-refractivity contribution in [1.29, 1.82) is 0 Å². The van der Waals surface area contributed by atoms with E-state index in [1.807, 2.05) is 13.8 Å². The van der Waals surface area contributed by atoms with Gasteiger partial charge in [-0.05, 0) is 56.7 Å². The molecule has 1 saturated heterocycles. The van der Waals surface area contributed by atoms with Crippen LogP contribution in [0.1, 0.15) is 52.5 Å². The molecule has 2 rings (SSSR count). The second kappa shape index (κ2) is 8.05. The Hall–Kier alpha value is -1.57. The molecule has 0 aromatic heterocycles. The van der Waals surface area contributed by atoms with E-state index in [9.17, 15) is 26.4 Å². The molecule has 0 atom stereocenters. The standard InChI is InChI=1S/C20H28F3NO3S/c1-14(2)12-18(25)24-10-8-15(9-11-24)19(3,4)28(26,27)17-7-5-6-16(13-17)20(21,22)23/h5-7,13-15H,8-12H2,1-4H3. The number of likely N-dealkylation sites (tertiary alicyclic amines) is 1. The number of benzene rings is 1. The molecule has 0 unspecified atom stereocenters. The number of carbonyl (C=O) groups is 1. The predicted molar refractivity (Wildman–Crippen MR) is 101 cm³/mol. The van der Waals surface area contributed by atoms with E-state index in [1.165, 1.54) is 6.07 Å². The maximum Gasteiger partial charge on any atom is 0.416 e. The van der Waals surface area contributed by atoms with Gasteiger partial charge in [0.25, 0.3) is 0 Å². The minimum atomic E-state index is -4.60. The van der Waals surface area contributed by atoms with E-state index in [-0.39, 0.29) is 22.6 Å². The van der Waals surface area contributed by atoms with E-state index < -0.39 is 26.3 Å². The van der Waals surface area contributed by atoms with Crippen molar-refractivity contribution in [3.8, 4) is 0 Å². The van der Waals surface area contributed by atoms with Crippen LogP contribution in [0.4, 0.5) is 13.2 Å². The molecule has 4 nitrogen and oxygen atoms in total. The van der Waals surface area contributed by atoms with Crippen LogP contribution in [0, 0.1) is 11.8 Å². The zero-order chi connectivity index (χ0) is 21.3. The third kappa shape index (κ3) is 4.70. The molecule has 158 valence electrons. The quantitative estimate of drug-likeness (QED) is 0.704. The van der Waals surface area contributed by atoms with Gasteiger partial charge in [0.15, 0.2) is 9.84 Å². The monoisotopic (exact) mass is 419 g/mol. The molecule has 0 saturated carbocycles. The fourth-order valence-electron chi connectivity index (χ4n) is 3.67. The van der Waals surface area contributed by atoms with Gasteiger partial charge in [-0.1, -0.05) is 19.9 Å². The van der Waals surface area contributed by atoms with E-state index in [4.69, 9.17) is 0 Å². The average molecular weight is 420 g/mol. The predicted octanol–water partition coefficient (Wildman–Crippen LogP) is 4.54. The molecule has 0 N–H and O–H groups in total. The third-order valence-electron chi connectivity index (χ3n) is 5.58. The van der Waals surface area contributed by atoms with Crippen LogP contribution in [-0.4, -0.2) is 37.1 Å². The minimum Gasteiger partial charge on any atom is -0.343 e. The minimum absolute atomic E-state index is 0.0620. The Bertz CT molecular complexity index is 808. The molecule has 0 aliphatic carbocycles. The van der Waals surface area contributed by atoms with Crippen molar-refractivity contribution in [2.75, 3.05) is 13.1 Å². The first-order valence-electron chi connectivity index (χ1n) is 9.46. The van der Waals surface area contributed by atoms with Gasteiger partial charge in [-0.2, -0.15) is 13.2 Å². The molecule has 1 heterocycles. The first-order chi connectivity index (χ1) is 12.8. The Morgan fingerprint density at radius 2 is 1.75 bits per heavy atom. The van der Waals surface area contributed by atoms with E-state index in [2.05, 4.69) is 0 Å². The van der Waals surface area contributed by atoms with Crippen LogP contribution in [0.2, 0.25) is 0 Å². The molecule has 1 fully saturated rings. The maximum absolute atomic E-state index is 13.1. The largest absolute Gasteiger partial charge is 0.416 e. The Balaban J connectivity index is 2.19. The molecular weight excluding hydrogens is 391 g/mol. The lowest BCUT2D eigenvalue weighted by atomic mass is 9.85. The van der Waals surface area contributed by atoms with E-state index in [0.29, 0.717) is 38.4 Å². The summed E-state index contributed by atoms with van der Waals surface area (Å²) in [5.41, 5.74) is -0.974. The Morgan fingerprint density at radius 3 is 2.25 bits per heavy atom. The van der Waals surface area contributed by atoms with Gasteiger partial charge in [0, 0.05) is 19.5 Å². The molecule has 1 aromatic carbocycles. The SMILES string of the molecule is CC(C)CC(=O)N1CCC(C(C)(C)S(=O)(=O)c2cccc(C(F)(F)F)c2)CC1. The van der Waals surface area contributed by atoms with Gasteiger partial charge in [-0.3, -0.25) is 4.79 Å². The van der Waals surface area contributed by atoms with Crippen molar-refractivity contribution in [2.24, 2.45) is 11.8 Å². The van der Waals surface area contributed by atoms with Crippen LogP contribution in [-0.2, 0) is 20.8 Å². The number of alkyl halides is 3. The van der Waals surface area contributed by atoms with Crippen molar-refractivity contribution in [2.45, 2.75) is 62.8 Å². The molecular formula is C20H28F3NO3S. The zero-order valence-corrected chi connectivity index (χ0v) is 17.5. The fourth-order valence-corrected chi connectivity index (χ4v) is 5.49. The molecule has 1 amide bonds. The number of halogens is 3. The number of rotatable bonds is 5. The zero-order valence-electron chi connectivity index (χ0n) is 16.7. The molecule has 0 radical (unpaired) electrons. The number of carbonyl (C=O) groups excluding carboxylic acids is 1. The highest BCUT2D eigenvalue weighted by atomic mass is 32.2. The van der Waals surface area contributed by atoms with Crippen LogP contribution in [0.3, 0.4) is 0 Å². The van der Waals surface area contributed by atoms with Crippen LogP contribution in [0.5, 0.6) is 0 Å². The van der Waals surface area contributed by atoms with Crippen molar-refractivity contribution >= 4 is 15.7 Å². The number of hydrogen-bond donors (Lipinski definition) is 0. The summed E-state index contributed by atoms with van der Waals surface area (Å²) < 4.78 is 64.0. The van der Waals surface area contributed by atoms with E-state index in [1.54, 1.807) is 18.7 Å². The van der Waals surface area contributed by atoms with Crippen LogP contribution >= 0.6 is 0 Å². The summed E-state index contributed by atoms with van der Waals surface area (Å²) in [6.07, 6.45) is -3.13. The van der Waals surface area contributed by atoms with E-state index in [0.717, 1.165) is 12.1 Å². The van der Waals surface area contributed by atoms with E-state index >= 15 is 0 Å². The normalized spacial score (nSPS) is 17.2.